The van der Waals surface area contributed by atoms with E-state index in [0.29, 0.717) is 16.5 Å². The standard InChI is InChI=1S/C16H11F3O2/c1-8-11-7-10(17)3-5-14(11)21-16(8)15(20)9-2-4-12(18)13(19)6-9/h2-7,15,20H,1H3. The second-order valence-corrected chi connectivity index (χ2v) is 4.81. The second kappa shape index (κ2) is 4.93. The van der Waals surface area contributed by atoms with E-state index in [1.54, 1.807) is 6.92 Å². The summed E-state index contributed by atoms with van der Waals surface area (Å²) in [7, 11) is 0. The van der Waals surface area contributed by atoms with Crippen molar-refractivity contribution in [2.45, 2.75) is 13.0 Å². The van der Waals surface area contributed by atoms with E-state index in [4.69, 9.17) is 4.42 Å². The molecule has 0 amide bonds. The monoisotopic (exact) mass is 292 g/mol. The molecule has 0 fully saturated rings. The van der Waals surface area contributed by atoms with Gasteiger partial charge in [0.15, 0.2) is 11.6 Å². The molecule has 0 aliphatic rings. The first-order valence-electron chi connectivity index (χ1n) is 6.29. The Morgan fingerprint density at radius 3 is 2.48 bits per heavy atom. The van der Waals surface area contributed by atoms with Gasteiger partial charge < -0.3 is 9.52 Å². The molecule has 2 aromatic carbocycles. The van der Waals surface area contributed by atoms with Crippen LogP contribution in [-0.4, -0.2) is 5.11 Å². The van der Waals surface area contributed by atoms with Crippen molar-refractivity contribution in [3.63, 3.8) is 0 Å². The van der Waals surface area contributed by atoms with Crippen LogP contribution >= 0.6 is 0 Å². The number of aliphatic hydroxyl groups is 1. The third-order valence-corrected chi connectivity index (χ3v) is 3.44. The maximum Gasteiger partial charge on any atom is 0.159 e. The second-order valence-electron chi connectivity index (χ2n) is 4.81. The lowest BCUT2D eigenvalue weighted by atomic mass is 10.0. The van der Waals surface area contributed by atoms with Crippen LogP contribution in [0.3, 0.4) is 0 Å². The molecule has 3 rings (SSSR count). The van der Waals surface area contributed by atoms with E-state index in [0.717, 1.165) is 12.1 Å². The van der Waals surface area contributed by atoms with E-state index in [1.165, 1.54) is 24.3 Å². The van der Waals surface area contributed by atoms with Gasteiger partial charge in [0.1, 0.15) is 23.3 Å². The first-order valence-corrected chi connectivity index (χ1v) is 6.29. The number of rotatable bonds is 2. The molecule has 1 aromatic heterocycles. The maximum atomic E-state index is 13.3. The number of benzene rings is 2. The summed E-state index contributed by atoms with van der Waals surface area (Å²) in [6.45, 7) is 1.67. The predicted octanol–water partition coefficient (Wildman–Crippen LogP) is 4.24. The van der Waals surface area contributed by atoms with Crippen LogP contribution in [0.2, 0.25) is 0 Å². The van der Waals surface area contributed by atoms with E-state index in [9.17, 15) is 18.3 Å². The largest absolute Gasteiger partial charge is 0.458 e. The van der Waals surface area contributed by atoms with Crippen molar-refractivity contribution in [1.29, 1.82) is 0 Å². The third-order valence-electron chi connectivity index (χ3n) is 3.44. The number of fused-ring (bicyclic) bond motifs is 1. The Kier molecular flexibility index (Phi) is 3.22. The highest BCUT2D eigenvalue weighted by atomic mass is 19.2. The quantitative estimate of drug-likeness (QED) is 0.766. The average Bonchev–Trinajstić information content (AvgIpc) is 2.78. The van der Waals surface area contributed by atoms with Crippen molar-refractivity contribution in [2.24, 2.45) is 0 Å². The average molecular weight is 292 g/mol. The molecular weight excluding hydrogens is 281 g/mol. The summed E-state index contributed by atoms with van der Waals surface area (Å²) in [6.07, 6.45) is -1.25. The van der Waals surface area contributed by atoms with E-state index in [-0.39, 0.29) is 11.3 Å². The SMILES string of the molecule is Cc1c(C(O)c2ccc(F)c(F)c2)oc2ccc(F)cc12. The number of halogens is 3. The molecule has 1 unspecified atom stereocenters. The molecule has 0 bridgehead atoms. The van der Waals surface area contributed by atoms with Crippen molar-refractivity contribution >= 4 is 11.0 Å². The molecule has 0 radical (unpaired) electrons. The lowest BCUT2D eigenvalue weighted by molar-refractivity contribution is 0.190. The van der Waals surface area contributed by atoms with Gasteiger partial charge in [-0.3, -0.25) is 0 Å². The first kappa shape index (κ1) is 13.7. The summed E-state index contributed by atoms with van der Waals surface area (Å²) < 4.78 is 44.9. The zero-order chi connectivity index (χ0) is 15.1. The Bertz CT molecular complexity index is 824. The molecule has 0 aliphatic carbocycles. The van der Waals surface area contributed by atoms with Crippen molar-refractivity contribution in [3.8, 4) is 0 Å². The molecule has 3 aromatic rings. The van der Waals surface area contributed by atoms with E-state index in [2.05, 4.69) is 0 Å². The number of hydrogen-bond acceptors (Lipinski definition) is 2. The molecule has 1 atom stereocenters. The maximum absolute atomic E-state index is 13.3. The summed E-state index contributed by atoms with van der Waals surface area (Å²) in [6, 6.07) is 7.13. The number of hydrogen-bond donors (Lipinski definition) is 1. The highest BCUT2D eigenvalue weighted by molar-refractivity contribution is 5.82. The molecule has 1 N–H and O–H groups in total. The Balaban J connectivity index is 2.10. The van der Waals surface area contributed by atoms with Crippen LogP contribution in [0.4, 0.5) is 13.2 Å². The smallest absolute Gasteiger partial charge is 0.159 e. The van der Waals surface area contributed by atoms with Gasteiger partial charge in [-0.05, 0) is 42.8 Å². The van der Waals surface area contributed by atoms with Crippen LogP contribution in [0.25, 0.3) is 11.0 Å². The van der Waals surface area contributed by atoms with Gasteiger partial charge in [-0.25, -0.2) is 13.2 Å². The van der Waals surface area contributed by atoms with Crippen molar-refractivity contribution < 1.29 is 22.7 Å². The van der Waals surface area contributed by atoms with Crippen molar-refractivity contribution in [3.05, 3.63) is 70.7 Å². The minimum atomic E-state index is -1.25. The molecule has 0 spiro atoms. The summed E-state index contributed by atoms with van der Waals surface area (Å²) in [5.74, 6) is -2.28. The van der Waals surface area contributed by atoms with E-state index >= 15 is 0 Å². The fourth-order valence-corrected chi connectivity index (χ4v) is 2.31. The lowest BCUT2D eigenvalue weighted by Gasteiger charge is -2.09. The molecule has 108 valence electrons. The summed E-state index contributed by atoms with van der Waals surface area (Å²) in [5.41, 5.74) is 1.14. The highest BCUT2D eigenvalue weighted by Gasteiger charge is 2.21. The Morgan fingerprint density at radius 1 is 1.00 bits per heavy atom. The van der Waals surface area contributed by atoms with Gasteiger partial charge in [0.25, 0.3) is 0 Å². The van der Waals surface area contributed by atoms with Crippen molar-refractivity contribution in [1.82, 2.24) is 0 Å². The van der Waals surface area contributed by atoms with Crippen molar-refractivity contribution in [2.75, 3.05) is 0 Å². The number of aryl methyl sites for hydroxylation is 1. The molecule has 0 saturated carbocycles. The summed E-state index contributed by atoms with van der Waals surface area (Å²) in [5, 5.41) is 10.8. The number of furan rings is 1. The molecule has 0 saturated heterocycles. The van der Waals surface area contributed by atoms with Gasteiger partial charge in [-0.1, -0.05) is 6.07 Å². The first-order chi connectivity index (χ1) is 9.97. The Hall–Kier alpha value is -2.27. The zero-order valence-corrected chi connectivity index (χ0v) is 11.0. The minimum absolute atomic E-state index is 0.163. The van der Waals surface area contributed by atoms with Gasteiger partial charge in [0, 0.05) is 10.9 Å². The normalized spacial score (nSPS) is 12.8. The minimum Gasteiger partial charge on any atom is -0.458 e. The van der Waals surface area contributed by atoms with E-state index in [1.807, 2.05) is 0 Å². The molecular formula is C16H11F3O2. The van der Waals surface area contributed by atoms with Crippen LogP contribution in [-0.2, 0) is 0 Å². The van der Waals surface area contributed by atoms with E-state index < -0.39 is 23.6 Å². The molecule has 5 heteroatoms. The zero-order valence-electron chi connectivity index (χ0n) is 11.0. The lowest BCUT2D eigenvalue weighted by Crippen LogP contribution is -2.01. The fraction of sp³-hybridized carbons (Fsp3) is 0.125. The highest BCUT2D eigenvalue weighted by Crippen LogP contribution is 2.33. The van der Waals surface area contributed by atoms with Gasteiger partial charge in [-0.2, -0.15) is 0 Å². The Labute approximate surface area is 118 Å². The van der Waals surface area contributed by atoms with Crippen LogP contribution in [0, 0.1) is 24.4 Å². The van der Waals surface area contributed by atoms with Crippen LogP contribution in [0.15, 0.2) is 40.8 Å². The number of aliphatic hydroxyl groups excluding tert-OH is 1. The van der Waals surface area contributed by atoms with Gasteiger partial charge in [-0.15, -0.1) is 0 Å². The predicted molar refractivity (Wildman–Crippen MR) is 71.3 cm³/mol. The molecule has 21 heavy (non-hydrogen) atoms. The molecule has 1 heterocycles. The van der Waals surface area contributed by atoms with Crippen LogP contribution in [0.5, 0.6) is 0 Å². The van der Waals surface area contributed by atoms with Gasteiger partial charge in [0.2, 0.25) is 0 Å². The molecule has 0 aliphatic heterocycles. The van der Waals surface area contributed by atoms with Gasteiger partial charge in [0.05, 0.1) is 0 Å². The topological polar surface area (TPSA) is 33.4 Å². The molecule has 2 nitrogen and oxygen atoms in total. The summed E-state index contributed by atoms with van der Waals surface area (Å²) in [4.78, 5) is 0. The third kappa shape index (κ3) is 2.29. The fourth-order valence-electron chi connectivity index (χ4n) is 2.31. The Morgan fingerprint density at radius 2 is 1.76 bits per heavy atom. The van der Waals surface area contributed by atoms with Crippen LogP contribution < -0.4 is 0 Å². The summed E-state index contributed by atoms with van der Waals surface area (Å²) >= 11 is 0. The van der Waals surface area contributed by atoms with Crippen LogP contribution in [0.1, 0.15) is 23.0 Å². The van der Waals surface area contributed by atoms with Gasteiger partial charge >= 0.3 is 0 Å².